The van der Waals surface area contributed by atoms with Crippen LogP contribution in [-0.4, -0.2) is 177 Å². The van der Waals surface area contributed by atoms with Crippen LogP contribution >= 0.6 is 0 Å². The SMILES string of the molecule is CO[Si](CCCOCC(O)CN(CCCN(CCO)CCO)CC(O)COCCC[Si](C=O)(C=O)C=O)(OC)OC. The number of carbonyl (C=O) groups excluding carboxylic acids is 3. The van der Waals surface area contributed by atoms with Gasteiger partial charge in [-0.1, -0.05) is 0 Å². The number of ether oxygens (including phenoxy) is 2. The fraction of sp³-hybridized carbons (Fsp3) is 0.880. The molecule has 0 radical (unpaired) electrons. The monoisotopic (exact) mass is 628 g/mol. The summed E-state index contributed by atoms with van der Waals surface area (Å²) in [5.41, 5.74) is 0. The second kappa shape index (κ2) is 24.4. The minimum Gasteiger partial charge on any atom is -0.395 e. The summed E-state index contributed by atoms with van der Waals surface area (Å²) in [7, 11) is -1.23. The molecule has 0 spiro atoms. The fourth-order valence-electron chi connectivity index (χ4n) is 4.22. The summed E-state index contributed by atoms with van der Waals surface area (Å²) in [5.74, 6) is 1.39. The van der Waals surface area contributed by atoms with Gasteiger partial charge in [-0.15, -0.1) is 0 Å². The lowest BCUT2D eigenvalue weighted by atomic mass is 10.2. The lowest BCUT2D eigenvalue weighted by Crippen LogP contribution is -2.43. The average molecular weight is 629 g/mol. The predicted octanol–water partition coefficient (Wildman–Crippen LogP) is -1.86. The van der Waals surface area contributed by atoms with Crippen molar-refractivity contribution in [2.45, 2.75) is 43.6 Å². The molecule has 0 aliphatic carbocycles. The van der Waals surface area contributed by atoms with E-state index >= 15 is 0 Å². The Kier molecular flexibility index (Phi) is 23.9. The van der Waals surface area contributed by atoms with Crippen LogP contribution in [0.25, 0.3) is 0 Å². The van der Waals surface area contributed by atoms with Gasteiger partial charge in [0.2, 0.25) is 0 Å². The number of hydrogen-bond donors (Lipinski definition) is 4. The highest BCUT2D eigenvalue weighted by Gasteiger charge is 2.37. The molecule has 0 aromatic carbocycles. The highest BCUT2D eigenvalue weighted by Crippen LogP contribution is 2.15. The molecule has 0 heterocycles. The molecule has 0 amide bonds. The van der Waals surface area contributed by atoms with Crippen molar-refractivity contribution in [2.24, 2.45) is 0 Å². The van der Waals surface area contributed by atoms with Crippen molar-refractivity contribution in [1.29, 1.82) is 0 Å². The minimum atomic E-state index is -3.19. The van der Waals surface area contributed by atoms with E-state index in [1.165, 1.54) is 0 Å². The average Bonchev–Trinajstić information content (AvgIpc) is 2.97. The number of aliphatic hydroxyl groups is 4. The molecule has 14 nitrogen and oxygen atoms in total. The molecular formula is C25H52N2O12Si2. The highest BCUT2D eigenvalue weighted by molar-refractivity contribution is 7.32. The second-order valence-corrected chi connectivity index (χ2v) is 16.4. The molecular weight excluding hydrogens is 576 g/mol. The van der Waals surface area contributed by atoms with E-state index in [0.717, 1.165) is 0 Å². The predicted molar refractivity (Wildman–Crippen MR) is 157 cm³/mol. The maximum absolute atomic E-state index is 11.1. The van der Waals surface area contributed by atoms with E-state index in [-0.39, 0.29) is 52.2 Å². The van der Waals surface area contributed by atoms with E-state index in [1.807, 2.05) is 9.80 Å². The van der Waals surface area contributed by atoms with Crippen molar-refractivity contribution < 1.29 is 57.6 Å². The Bertz CT molecular complexity index is 642. The van der Waals surface area contributed by atoms with Crippen molar-refractivity contribution >= 4 is 34.6 Å². The van der Waals surface area contributed by atoms with Crippen LogP contribution in [0.2, 0.25) is 12.1 Å². The number of rotatable bonds is 30. The number of nitrogens with zero attached hydrogens (tertiary/aromatic N) is 2. The van der Waals surface area contributed by atoms with Gasteiger partial charge >= 0.3 is 8.80 Å². The van der Waals surface area contributed by atoms with Gasteiger partial charge in [0.15, 0.2) is 0 Å². The quantitative estimate of drug-likeness (QED) is 0.0394. The normalized spacial score (nSPS) is 14.0. The standard InChI is InChI=1S/C25H52N2O12Si2/c1-35-41(36-2,37-3)16-6-14-39-20-25(34)18-27(8-4-7-26(9-11-28)10-12-29)17-24(33)19-38-13-5-15-40(21-30,22-31)23-32/h21-25,28-29,33-34H,4-20H2,1-3H3. The lowest BCUT2D eigenvalue weighted by Gasteiger charge is -2.28. The third-order valence-corrected chi connectivity index (χ3v) is 12.0. The largest absolute Gasteiger partial charge is 0.500 e. The molecule has 16 heteroatoms. The topological polar surface area (TPSA) is 185 Å². The summed E-state index contributed by atoms with van der Waals surface area (Å²) in [6, 6.07) is 0.743. The zero-order valence-electron chi connectivity index (χ0n) is 24.9. The Morgan fingerprint density at radius 2 is 1.10 bits per heavy atom. The van der Waals surface area contributed by atoms with E-state index in [1.54, 1.807) is 21.3 Å². The third-order valence-electron chi connectivity index (χ3n) is 6.60. The van der Waals surface area contributed by atoms with E-state index in [9.17, 15) is 34.8 Å². The number of carbonyl (C=O) groups is 3. The Labute approximate surface area is 245 Å². The zero-order valence-corrected chi connectivity index (χ0v) is 26.9. The van der Waals surface area contributed by atoms with Crippen LogP contribution in [0.4, 0.5) is 0 Å². The fourth-order valence-corrected chi connectivity index (χ4v) is 7.19. The first-order valence-electron chi connectivity index (χ1n) is 14.0. The molecule has 2 atom stereocenters. The van der Waals surface area contributed by atoms with E-state index in [4.69, 9.17) is 22.8 Å². The number of hydrogen-bond acceptors (Lipinski definition) is 14. The summed E-state index contributed by atoms with van der Waals surface area (Å²) in [6.45, 7) is 3.15. The second-order valence-electron chi connectivity index (χ2n) is 9.83. The van der Waals surface area contributed by atoms with E-state index in [0.29, 0.717) is 75.8 Å². The molecule has 0 fully saturated rings. The molecule has 2 unspecified atom stereocenters. The van der Waals surface area contributed by atoms with Crippen LogP contribution in [0.3, 0.4) is 0 Å². The van der Waals surface area contributed by atoms with Crippen molar-refractivity contribution in [3.05, 3.63) is 0 Å². The van der Waals surface area contributed by atoms with Gasteiger partial charge in [0.05, 0.1) is 38.6 Å². The first-order chi connectivity index (χ1) is 19.7. The van der Waals surface area contributed by atoms with Gasteiger partial charge in [-0.2, -0.15) is 0 Å². The van der Waals surface area contributed by atoms with E-state index in [2.05, 4.69) is 0 Å². The summed E-state index contributed by atoms with van der Waals surface area (Å²) >= 11 is 0. The minimum absolute atomic E-state index is 0.00616. The lowest BCUT2D eigenvalue weighted by molar-refractivity contribution is -0.0111. The van der Waals surface area contributed by atoms with Gasteiger partial charge < -0.3 is 57.6 Å². The van der Waals surface area contributed by atoms with Crippen LogP contribution in [0.1, 0.15) is 19.3 Å². The molecule has 242 valence electrons. The first kappa shape index (κ1) is 40.0. The molecule has 0 aromatic heterocycles. The van der Waals surface area contributed by atoms with Gasteiger partial charge in [0, 0.05) is 66.8 Å². The van der Waals surface area contributed by atoms with Gasteiger partial charge in [-0.05, 0) is 38.4 Å². The molecule has 0 aromatic rings. The maximum Gasteiger partial charge on any atom is 0.500 e. The third kappa shape index (κ3) is 17.7. The van der Waals surface area contributed by atoms with Crippen LogP contribution < -0.4 is 0 Å². The summed E-state index contributed by atoms with van der Waals surface area (Å²) in [6.07, 6.45) is -0.0144. The Balaban J connectivity index is 4.77. The van der Waals surface area contributed by atoms with Crippen molar-refractivity contribution in [1.82, 2.24) is 9.80 Å². The van der Waals surface area contributed by atoms with Crippen LogP contribution in [0.5, 0.6) is 0 Å². The molecule has 0 saturated heterocycles. The summed E-state index contributed by atoms with van der Waals surface area (Å²) in [5, 5.41) is 39.6. The molecule has 0 saturated carbocycles. The zero-order chi connectivity index (χ0) is 31.0. The van der Waals surface area contributed by atoms with Gasteiger partial charge in [0.25, 0.3) is 8.07 Å². The molecule has 4 N–H and O–H groups in total. The van der Waals surface area contributed by atoms with Crippen LogP contribution in [0, 0.1) is 0 Å². The number of aliphatic hydroxyl groups excluding tert-OH is 4. The van der Waals surface area contributed by atoms with Crippen molar-refractivity contribution in [3.63, 3.8) is 0 Å². The first-order valence-corrected chi connectivity index (χ1v) is 18.3. The molecule has 0 aliphatic rings. The molecule has 0 aliphatic heterocycles. The van der Waals surface area contributed by atoms with Crippen LogP contribution in [-0.2, 0) is 37.1 Å². The maximum atomic E-state index is 11.1. The summed E-state index contributed by atoms with van der Waals surface area (Å²) < 4.78 is 27.3. The van der Waals surface area contributed by atoms with Crippen molar-refractivity contribution in [2.75, 3.05) is 100 Å². The van der Waals surface area contributed by atoms with E-state index < -0.39 is 29.1 Å². The molecule has 41 heavy (non-hydrogen) atoms. The molecule has 0 bridgehead atoms. The Hall–Kier alpha value is -0.996. The van der Waals surface area contributed by atoms with Gasteiger partial charge in [-0.25, -0.2) is 0 Å². The van der Waals surface area contributed by atoms with Gasteiger partial charge in [-0.3, -0.25) is 9.80 Å². The van der Waals surface area contributed by atoms with Crippen LogP contribution in [0.15, 0.2) is 0 Å². The van der Waals surface area contributed by atoms with Crippen molar-refractivity contribution in [3.8, 4) is 0 Å². The Morgan fingerprint density at radius 1 is 0.659 bits per heavy atom. The smallest absolute Gasteiger partial charge is 0.395 e. The van der Waals surface area contributed by atoms with Gasteiger partial charge in [0.1, 0.15) is 17.7 Å². The Morgan fingerprint density at radius 3 is 1.51 bits per heavy atom. The summed E-state index contributed by atoms with van der Waals surface area (Å²) in [4.78, 5) is 37.1. The highest BCUT2D eigenvalue weighted by atomic mass is 28.4. The molecule has 0 rings (SSSR count).